The first-order valence-corrected chi connectivity index (χ1v) is 4.84. The van der Waals surface area contributed by atoms with Gasteiger partial charge in [0.2, 0.25) is 5.91 Å². The second-order valence-electron chi connectivity index (χ2n) is 2.85. The molecule has 1 rings (SSSR count). The van der Waals surface area contributed by atoms with Crippen LogP contribution in [-0.4, -0.2) is 9.96 Å². The lowest BCUT2D eigenvalue weighted by atomic mass is 10.3. The summed E-state index contributed by atoms with van der Waals surface area (Å²) in [4.78, 5) is 10.5. The molecule has 0 spiro atoms. The Morgan fingerprint density at radius 1 is 1.80 bits per heavy atom. The summed E-state index contributed by atoms with van der Waals surface area (Å²) in [6.45, 7) is 1.57. The third-order valence-corrected chi connectivity index (χ3v) is 2.42. The lowest BCUT2D eigenvalue weighted by Crippen LogP contribution is -2.28. The Bertz CT molecular complexity index is 134. The van der Waals surface area contributed by atoms with E-state index in [0.717, 1.165) is 12.3 Å². The Kier molecular flexibility index (Phi) is 2.95. The molecule has 0 saturated heterocycles. The number of hydrogen-bond donors (Lipinski definition) is 1. The van der Waals surface area contributed by atoms with E-state index < -0.39 is 0 Å². The molecule has 0 aromatic rings. The second kappa shape index (κ2) is 3.55. The number of carbonyl (C=O) groups is 1. The molecule has 1 saturated carbocycles. The van der Waals surface area contributed by atoms with E-state index in [4.69, 9.17) is 0 Å². The van der Waals surface area contributed by atoms with E-state index in [1.54, 1.807) is 6.92 Å². The first-order valence-electron chi connectivity index (χ1n) is 3.59. The van der Waals surface area contributed by atoms with Crippen LogP contribution in [-0.2, 0) is 4.79 Å². The van der Waals surface area contributed by atoms with Crippen molar-refractivity contribution >= 4 is 28.5 Å². The second-order valence-corrected chi connectivity index (χ2v) is 4.35. The highest BCUT2D eigenvalue weighted by molar-refractivity contribution is 14.1. The molecule has 0 aromatic heterocycles. The lowest BCUT2D eigenvalue weighted by Gasteiger charge is -2.08. The molecular formula is C7H12INO. The van der Waals surface area contributed by atoms with Crippen molar-refractivity contribution < 1.29 is 4.79 Å². The van der Waals surface area contributed by atoms with Crippen LogP contribution in [0.15, 0.2) is 0 Å². The molecule has 0 aliphatic heterocycles. The van der Waals surface area contributed by atoms with E-state index in [1.807, 2.05) is 0 Å². The maximum atomic E-state index is 10.5. The van der Waals surface area contributed by atoms with Gasteiger partial charge in [-0.2, -0.15) is 0 Å². The van der Waals surface area contributed by atoms with Gasteiger partial charge in [0.25, 0.3) is 0 Å². The van der Waals surface area contributed by atoms with Gasteiger partial charge in [-0.3, -0.25) is 4.79 Å². The number of hydrogen-bond acceptors (Lipinski definition) is 1. The van der Waals surface area contributed by atoms with Crippen molar-refractivity contribution in [3.63, 3.8) is 0 Å². The molecule has 3 heteroatoms. The summed E-state index contributed by atoms with van der Waals surface area (Å²) in [5.74, 6) is 0.980. The van der Waals surface area contributed by atoms with E-state index >= 15 is 0 Å². The number of nitrogens with one attached hydrogen (secondary N) is 1. The van der Waals surface area contributed by atoms with Crippen LogP contribution in [0, 0.1) is 5.92 Å². The molecule has 1 unspecified atom stereocenters. The average molecular weight is 253 g/mol. The van der Waals surface area contributed by atoms with Crippen LogP contribution in [0.3, 0.4) is 0 Å². The fraction of sp³-hybridized carbons (Fsp3) is 0.857. The van der Waals surface area contributed by atoms with Crippen molar-refractivity contribution in [3.05, 3.63) is 0 Å². The van der Waals surface area contributed by atoms with Crippen LogP contribution in [0.5, 0.6) is 0 Å². The van der Waals surface area contributed by atoms with Gasteiger partial charge in [-0.1, -0.05) is 35.4 Å². The summed E-state index contributed by atoms with van der Waals surface area (Å²) in [5, 5.41) is 2.86. The maximum absolute atomic E-state index is 10.5. The molecule has 58 valence electrons. The topological polar surface area (TPSA) is 29.1 Å². The molecule has 0 radical (unpaired) electrons. The standard InChI is InChI=1S/C7H12INO/c1-5(10)9-7(8)4-6-2-3-6/h6-7H,2-4H2,1H3,(H,9,10). The van der Waals surface area contributed by atoms with Gasteiger partial charge in [0.1, 0.15) is 0 Å². The van der Waals surface area contributed by atoms with Gasteiger partial charge in [-0.25, -0.2) is 0 Å². The molecule has 1 fully saturated rings. The normalized spacial score (nSPS) is 20.2. The number of carbonyl (C=O) groups excluding carboxylic acids is 1. The maximum Gasteiger partial charge on any atom is 0.217 e. The minimum Gasteiger partial charge on any atom is -0.345 e. The summed E-state index contributed by atoms with van der Waals surface area (Å²) in [5.41, 5.74) is 0. The summed E-state index contributed by atoms with van der Waals surface area (Å²) < 4.78 is 0.350. The molecule has 0 aromatic carbocycles. The molecule has 10 heavy (non-hydrogen) atoms. The summed E-state index contributed by atoms with van der Waals surface area (Å²) in [6, 6.07) is 0. The minimum absolute atomic E-state index is 0.0834. The van der Waals surface area contributed by atoms with Crippen molar-refractivity contribution in [2.45, 2.75) is 30.2 Å². The van der Waals surface area contributed by atoms with E-state index in [9.17, 15) is 4.79 Å². The van der Waals surface area contributed by atoms with Crippen LogP contribution in [0.25, 0.3) is 0 Å². The monoisotopic (exact) mass is 253 g/mol. The zero-order valence-electron chi connectivity index (χ0n) is 6.06. The Morgan fingerprint density at radius 2 is 2.40 bits per heavy atom. The zero-order chi connectivity index (χ0) is 7.56. The van der Waals surface area contributed by atoms with Crippen molar-refractivity contribution in [3.8, 4) is 0 Å². The van der Waals surface area contributed by atoms with Gasteiger partial charge in [0, 0.05) is 6.92 Å². The van der Waals surface area contributed by atoms with Gasteiger partial charge in [0.05, 0.1) is 4.05 Å². The van der Waals surface area contributed by atoms with Crippen molar-refractivity contribution in [1.29, 1.82) is 0 Å². The number of alkyl halides is 1. The lowest BCUT2D eigenvalue weighted by molar-refractivity contribution is -0.119. The first-order chi connectivity index (χ1) is 4.68. The highest BCUT2D eigenvalue weighted by Gasteiger charge is 2.24. The fourth-order valence-electron chi connectivity index (χ4n) is 0.926. The molecule has 1 amide bonds. The van der Waals surface area contributed by atoms with Crippen molar-refractivity contribution in [2.24, 2.45) is 5.92 Å². The largest absolute Gasteiger partial charge is 0.345 e. The molecule has 0 heterocycles. The van der Waals surface area contributed by atoms with Gasteiger partial charge in [-0.15, -0.1) is 0 Å². The third-order valence-electron chi connectivity index (χ3n) is 1.60. The number of amides is 1. The average Bonchev–Trinajstić information content (AvgIpc) is 2.46. The van der Waals surface area contributed by atoms with Crippen LogP contribution < -0.4 is 5.32 Å². The number of halogens is 1. The predicted molar refractivity (Wildman–Crippen MR) is 49.0 cm³/mol. The molecule has 1 N–H and O–H groups in total. The summed E-state index contributed by atoms with van der Waals surface area (Å²) >= 11 is 2.28. The number of rotatable bonds is 3. The molecule has 2 nitrogen and oxygen atoms in total. The van der Waals surface area contributed by atoms with E-state index in [-0.39, 0.29) is 5.91 Å². The van der Waals surface area contributed by atoms with Gasteiger partial charge in [-0.05, 0) is 12.3 Å². The Hall–Kier alpha value is 0.200. The highest BCUT2D eigenvalue weighted by atomic mass is 127. The molecule has 1 aliphatic carbocycles. The van der Waals surface area contributed by atoms with Gasteiger partial charge in [0.15, 0.2) is 0 Å². The van der Waals surface area contributed by atoms with Gasteiger partial charge < -0.3 is 5.32 Å². The van der Waals surface area contributed by atoms with Crippen LogP contribution in [0.2, 0.25) is 0 Å². The Balaban J connectivity index is 2.07. The van der Waals surface area contributed by atoms with Crippen molar-refractivity contribution in [2.75, 3.05) is 0 Å². The zero-order valence-corrected chi connectivity index (χ0v) is 8.22. The van der Waals surface area contributed by atoms with E-state index in [1.165, 1.54) is 12.8 Å². The minimum atomic E-state index is 0.0834. The molecule has 0 bridgehead atoms. The third kappa shape index (κ3) is 3.39. The van der Waals surface area contributed by atoms with Crippen molar-refractivity contribution in [1.82, 2.24) is 5.32 Å². The van der Waals surface area contributed by atoms with E-state index in [2.05, 4.69) is 27.9 Å². The van der Waals surface area contributed by atoms with Gasteiger partial charge >= 0.3 is 0 Å². The predicted octanol–water partition coefficient (Wildman–Crippen LogP) is 1.68. The highest BCUT2D eigenvalue weighted by Crippen LogP contribution is 2.34. The van der Waals surface area contributed by atoms with Crippen LogP contribution in [0.1, 0.15) is 26.2 Å². The fourth-order valence-corrected chi connectivity index (χ4v) is 2.08. The van der Waals surface area contributed by atoms with Crippen LogP contribution >= 0.6 is 22.6 Å². The molecule has 1 atom stereocenters. The molecule has 1 aliphatic rings. The first kappa shape index (κ1) is 8.30. The summed E-state index contributed by atoms with van der Waals surface area (Å²) in [7, 11) is 0. The van der Waals surface area contributed by atoms with Crippen LogP contribution in [0.4, 0.5) is 0 Å². The quantitative estimate of drug-likeness (QED) is 0.463. The Morgan fingerprint density at radius 3 is 2.80 bits per heavy atom. The molecular weight excluding hydrogens is 241 g/mol. The summed E-state index contributed by atoms with van der Waals surface area (Å²) in [6.07, 6.45) is 3.87. The Labute approximate surface area is 74.9 Å². The smallest absolute Gasteiger partial charge is 0.217 e. The SMILES string of the molecule is CC(=O)NC(I)CC1CC1. The van der Waals surface area contributed by atoms with E-state index in [0.29, 0.717) is 4.05 Å².